The molecule has 0 bridgehead atoms. The van der Waals surface area contributed by atoms with Gasteiger partial charge in [0.1, 0.15) is 22.8 Å². The smallest absolute Gasteiger partial charge is 0.411 e. The van der Waals surface area contributed by atoms with Crippen molar-refractivity contribution in [1.82, 2.24) is 0 Å². The summed E-state index contributed by atoms with van der Waals surface area (Å²) in [5, 5.41) is 0. The number of carbonyl (C=O) groups is 1. The highest BCUT2D eigenvalue weighted by atomic mass is 19.4. The van der Waals surface area contributed by atoms with Crippen LogP contribution in [0.15, 0.2) is 110 Å². The highest BCUT2D eigenvalue weighted by molar-refractivity contribution is 6.09. The van der Waals surface area contributed by atoms with Gasteiger partial charge in [-0.1, -0.05) is 82.3 Å². The first-order valence-electron chi connectivity index (χ1n) is 15.4. The molecule has 0 spiro atoms. The standard InChI is InChI=1S/C39H38F6O3/c1-7-25-36(6,8-2)48-33-23-17-30(18-24-33)37(38(40,41)42,39(43,44)45)29-15-21-32(22-16-29)47-31-19-11-27(12-20-31)34(46)26-9-13-28(14-10-26)35(3,4)5/h7,9-24H,1,8,25H2,2-6H3/t36-/m0/s1. The summed E-state index contributed by atoms with van der Waals surface area (Å²) in [7, 11) is 0. The molecule has 4 rings (SSSR count). The lowest BCUT2D eigenvalue weighted by Crippen LogP contribution is -2.54. The van der Waals surface area contributed by atoms with Gasteiger partial charge in [0, 0.05) is 17.5 Å². The number of rotatable bonds is 11. The molecule has 254 valence electrons. The molecule has 0 aliphatic carbocycles. The van der Waals surface area contributed by atoms with Gasteiger partial charge < -0.3 is 9.47 Å². The van der Waals surface area contributed by atoms with Crippen LogP contribution in [-0.2, 0) is 10.8 Å². The second-order valence-electron chi connectivity index (χ2n) is 13.0. The zero-order chi connectivity index (χ0) is 35.5. The van der Waals surface area contributed by atoms with Gasteiger partial charge in [-0.25, -0.2) is 0 Å². The van der Waals surface area contributed by atoms with E-state index in [0.717, 1.165) is 54.1 Å². The van der Waals surface area contributed by atoms with Gasteiger partial charge in [-0.15, -0.1) is 6.58 Å². The van der Waals surface area contributed by atoms with E-state index in [4.69, 9.17) is 9.47 Å². The lowest BCUT2D eigenvalue weighted by Gasteiger charge is -2.38. The normalized spacial score (nSPS) is 13.8. The van der Waals surface area contributed by atoms with E-state index in [1.807, 2.05) is 19.1 Å². The number of ketones is 1. The van der Waals surface area contributed by atoms with E-state index < -0.39 is 34.5 Å². The Bertz CT molecular complexity index is 1680. The minimum absolute atomic E-state index is 0.0127. The third-order valence-electron chi connectivity index (χ3n) is 8.48. The zero-order valence-electron chi connectivity index (χ0n) is 27.4. The van der Waals surface area contributed by atoms with Gasteiger partial charge in [0.2, 0.25) is 5.41 Å². The molecule has 0 aliphatic rings. The molecular weight excluding hydrogens is 630 g/mol. The third-order valence-corrected chi connectivity index (χ3v) is 8.48. The molecule has 48 heavy (non-hydrogen) atoms. The van der Waals surface area contributed by atoms with E-state index in [9.17, 15) is 31.1 Å². The van der Waals surface area contributed by atoms with Crippen molar-refractivity contribution < 1.29 is 40.6 Å². The summed E-state index contributed by atoms with van der Waals surface area (Å²) in [6.07, 6.45) is -8.88. The van der Waals surface area contributed by atoms with Crippen molar-refractivity contribution in [3.05, 3.63) is 138 Å². The average Bonchev–Trinajstić information content (AvgIpc) is 3.01. The van der Waals surface area contributed by atoms with Gasteiger partial charge in [0.25, 0.3) is 0 Å². The number of hydrogen-bond acceptors (Lipinski definition) is 3. The summed E-state index contributed by atoms with van der Waals surface area (Å²) in [5.41, 5.74) is -5.16. The molecule has 1 atom stereocenters. The van der Waals surface area contributed by atoms with Crippen LogP contribution in [0.25, 0.3) is 0 Å². The number of benzene rings is 4. The maximum atomic E-state index is 14.7. The van der Waals surface area contributed by atoms with Gasteiger partial charge >= 0.3 is 12.4 Å². The summed E-state index contributed by atoms with van der Waals surface area (Å²) in [6.45, 7) is 13.5. The first-order valence-corrected chi connectivity index (χ1v) is 15.4. The fraction of sp³-hybridized carbons (Fsp3) is 0.308. The van der Waals surface area contributed by atoms with Gasteiger partial charge in [0.15, 0.2) is 5.78 Å². The van der Waals surface area contributed by atoms with Crippen molar-refractivity contribution in [2.75, 3.05) is 0 Å². The van der Waals surface area contributed by atoms with Crippen LogP contribution in [0.3, 0.4) is 0 Å². The number of halogens is 6. The van der Waals surface area contributed by atoms with Crippen molar-refractivity contribution in [1.29, 1.82) is 0 Å². The fourth-order valence-corrected chi connectivity index (χ4v) is 5.47. The maximum absolute atomic E-state index is 14.7. The quantitative estimate of drug-likeness (QED) is 0.0906. The van der Waals surface area contributed by atoms with E-state index in [1.54, 1.807) is 25.1 Å². The average molecular weight is 669 g/mol. The molecular formula is C39H38F6O3. The van der Waals surface area contributed by atoms with Crippen LogP contribution in [0, 0.1) is 0 Å². The summed E-state index contributed by atoms with van der Waals surface area (Å²) in [6, 6.07) is 20.8. The Morgan fingerprint density at radius 1 is 0.625 bits per heavy atom. The third kappa shape index (κ3) is 7.45. The van der Waals surface area contributed by atoms with E-state index in [-0.39, 0.29) is 28.4 Å². The van der Waals surface area contributed by atoms with Crippen LogP contribution in [-0.4, -0.2) is 23.7 Å². The summed E-state index contributed by atoms with van der Waals surface area (Å²) in [5.74, 6) is 0.181. The Balaban J connectivity index is 1.59. The predicted octanol–water partition coefficient (Wildman–Crippen LogP) is 11.5. The Morgan fingerprint density at radius 2 is 1.00 bits per heavy atom. The topological polar surface area (TPSA) is 35.5 Å². The van der Waals surface area contributed by atoms with Crippen LogP contribution in [0.4, 0.5) is 26.3 Å². The fourth-order valence-electron chi connectivity index (χ4n) is 5.47. The highest BCUT2D eigenvalue weighted by Crippen LogP contribution is 2.56. The number of ether oxygens (including phenoxy) is 2. The van der Waals surface area contributed by atoms with Crippen molar-refractivity contribution >= 4 is 5.78 Å². The molecule has 0 aliphatic heterocycles. The van der Waals surface area contributed by atoms with Crippen LogP contribution in [0.1, 0.15) is 80.1 Å². The van der Waals surface area contributed by atoms with Crippen LogP contribution < -0.4 is 9.47 Å². The van der Waals surface area contributed by atoms with E-state index in [2.05, 4.69) is 27.4 Å². The molecule has 0 radical (unpaired) electrons. The molecule has 0 saturated carbocycles. The van der Waals surface area contributed by atoms with E-state index >= 15 is 0 Å². The van der Waals surface area contributed by atoms with Crippen molar-refractivity contribution in [3.8, 4) is 17.2 Å². The molecule has 3 nitrogen and oxygen atoms in total. The minimum atomic E-state index is -5.74. The molecule has 0 amide bonds. The molecule has 9 heteroatoms. The minimum Gasteiger partial charge on any atom is -0.487 e. The molecule has 0 unspecified atom stereocenters. The second kappa shape index (κ2) is 13.5. The van der Waals surface area contributed by atoms with Crippen LogP contribution >= 0.6 is 0 Å². The van der Waals surface area contributed by atoms with Gasteiger partial charge in [-0.2, -0.15) is 26.3 Å². The second-order valence-corrected chi connectivity index (χ2v) is 13.0. The van der Waals surface area contributed by atoms with Crippen molar-refractivity contribution in [3.63, 3.8) is 0 Å². The number of alkyl halides is 6. The van der Waals surface area contributed by atoms with Gasteiger partial charge in [-0.3, -0.25) is 4.79 Å². The summed E-state index contributed by atoms with van der Waals surface area (Å²) in [4.78, 5) is 13.0. The predicted molar refractivity (Wildman–Crippen MR) is 175 cm³/mol. The lowest BCUT2D eigenvalue weighted by atomic mass is 9.73. The molecule has 0 aromatic heterocycles. The Labute approximate surface area is 277 Å². The number of carbonyl (C=O) groups excluding carboxylic acids is 1. The molecule has 0 saturated heterocycles. The van der Waals surface area contributed by atoms with Gasteiger partial charge in [-0.05, 0) is 84.0 Å². The van der Waals surface area contributed by atoms with Crippen molar-refractivity contribution in [2.24, 2.45) is 0 Å². The SMILES string of the molecule is C=CC[C@](C)(CC)Oc1ccc(C(c2ccc(Oc3ccc(C(=O)c4ccc(C(C)(C)C)cc4)cc3)cc2)(C(F)(F)F)C(F)(F)F)cc1. The molecule has 0 heterocycles. The van der Waals surface area contributed by atoms with E-state index in [1.165, 1.54) is 24.3 Å². The Hall–Kier alpha value is -4.53. The number of hydrogen-bond donors (Lipinski definition) is 0. The van der Waals surface area contributed by atoms with E-state index in [0.29, 0.717) is 24.0 Å². The maximum Gasteiger partial charge on any atom is 0.411 e. The summed E-state index contributed by atoms with van der Waals surface area (Å²) < 4.78 is 99.8. The largest absolute Gasteiger partial charge is 0.487 e. The first-order chi connectivity index (χ1) is 22.3. The molecule has 0 N–H and O–H groups in total. The van der Waals surface area contributed by atoms with Gasteiger partial charge in [0.05, 0.1) is 0 Å². The first kappa shape index (κ1) is 36.3. The Morgan fingerprint density at radius 3 is 1.38 bits per heavy atom. The highest BCUT2D eigenvalue weighted by Gasteiger charge is 2.72. The lowest BCUT2D eigenvalue weighted by molar-refractivity contribution is -0.288. The van der Waals surface area contributed by atoms with Crippen molar-refractivity contribution in [2.45, 2.75) is 76.2 Å². The molecule has 4 aromatic rings. The Kier molecular flexibility index (Phi) is 10.2. The summed E-state index contributed by atoms with van der Waals surface area (Å²) >= 11 is 0. The van der Waals surface area contributed by atoms with Crippen LogP contribution in [0.5, 0.6) is 17.2 Å². The molecule has 4 aromatic carbocycles. The molecule has 0 fully saturated rings. The monoisotopic (exact) mass is 668 g/mol. The van der Waals surface area contributed by atoms with Crippen LogP contribution in [0.2, 0.25) is 0 Å². The zero-order valence-corrected chi connectivity index (χ0v) is 27.4.